The van der Waals surface area contributed by atoms with Crippen LogP contribution in [-0.4, -0.2) is 27.0 Å². The van der Waals surface area contributed by atoms with E-state index in [0.29, 0.717) is 22.3 Å². The number of carbonyl (C=O) groups is 1. The van der Waals surface area contributed by atoms with Gasteiger partial charge in [-0.2, -0.15) is 8.78 Å². The Kier molecular flexibility index (Phi) is 4.46. The first-order chi connectivity index (χ1) is 9.56. The molecule has 0 saturated carbocycles. The number of aromatic nitrogens is 2. The molecule has 1 aromatic carbocycles. The largest absolute Gasteiger partial charge is 0.476 e. The van der Waals surface area contributed by atoms with Gasteiger partial charge in [-0.05, 0) is 24.3 Å². The molecule has 8 heteroatoms. The molecule has 0 fully saturated rings. The number of thioether (sulfide) groups is 1. The number of benzene rings is 1. The summed E-state index contributed by atoms with van der Waals surface area (Å²) in [6.07, 6.45) is 0. The molecule has 0 atom stereocenters. The van der Waals surface area contributed by atoms with Crippen molar-refractivity contribution >= 4 is 29.2 Å². The van der Waals surface area contributed by atoms with Gasteiger partial charge >= 0.3 is 5.97 Å². The minimum atomic E-state index is -2.53. The molecule has 0 aliphatic rings. The zero-order chi connectivity index (χ0) is 14.5. The summed E-state index contributed by atoms with van der Waals surface area (Å²) in [5, 5.41) is 18.7. The maximum absolute atomic E-state index is 12.4. The van der Waals surface area contributed by atoms with Crippen molar-refractivity contribution in [3.8, 4) is 0 Å². The van der Waals surface area contributed by atoms with Crippen LogP contribution in [-0.2, 0) is 0 Å². The fraction of sp³-hybridized carbons (Fsp3) is 0.0833. The maximum Gasteiger partial charge on any atom is 0.356 e. The van der Waals surface area contributed by atoms with Crippen LogP contribution in [0.3, 0.4) is 0 Å². The van der Waals surface area contributed by atoms with Crippen molar-refractivity contribution in [2.24, 2.45) is 0 Å². The Labute approximate surface area is 117 Å². The van der Waals surface area contributed by atoms with Gasteiger partial charge < -0.3 is 10.4 Å². The maximum atomic E-state index is 12.4. The van der Waals surface area contributed by atoms with Crippen LogP contribution in [0.2, 0.25) is 0 Å². The highest BCUT2D eigenvalue weighted by Gasteiger charge is 2.11. The Bertz CT molecular complexity index is 608. The van der Waals surface area contributed by atoms with E-state index >= 15 is 0 Å². The summed E-state index contributed by atoms with van der Waals surface area (Å²) in [5.74, 6) is -3.44. The van der Waals surface area contributed by atoms with E-state index in [1.165, 1.54) is 12.1 Å². The number of carboxylic acid groups (broad SMARTS) is 1. The molecule has 0 aliphatic carbocycles. The van der Waals surface area contributed by atoms with Gasteiger partial charge in [0.2, 0.25) is 0 Å². The van der Waals surface area contributed by atoms with Crippen LogP contribution in [0.1, 0.15) is 10.5 Å². The zero-order valence-electron chi connectivity index (χ0n) is 9.96. The highest BCUT2D eigenvalue weighted by Crippen LogP contribution is 2.32. The summed E-state index contributed by atoms with van der Waals surface area (Å²) in [5.41, 5.74) is 0.265. The van der Waals surface area contributed by atoms with E-state index in [1.807, 2.05) is 0 Å². The fourth-order valence-electron chi connectivity index (χ4n) is 1.42. The molecule has 0 saturated heterocycles. The van der Waals surface area contributed by atoms with E-state index in [9.17, 15) is 13.6 Å². The number of nitrogens with zero attached hydrogens (tertiary/aromatic N) is 2. The quantitative estimate of drug-likeness (QED) is 0.825. The molecule has 2 N–H and O–H groups in total. The molecule has 104 valence electrons. The normalized spacial score (nSPS) is 10.6. The third kappa shape index (κ3) is 3.64. The molecule has 0 radical (unpaired) electrons. The summed E-state index contributed by atoms with van der Waals surface area (Å²) in [6.45, 7) is 0. The molecule has 2 aromatic rings. The first kappa shape index (κ1) is 14.2. The number of rotatable bonds is 5. The molecule has 2 rings (SSSR count). The van der Waals surface area contributed by atoms with Crippen molar-refractivity contribution in [1.82, 2.24) is 10.2 Å². The van der Waals surface area contributed by atoms with Gasteiger partial charge in [-0.25, -0.2) is 4.79 Å². The molecule has 5 nitrogen and oxygen atoms in total. The highest BCUT2D eigenvalue weighted by molar-refractivity contribution is 7.99. The van der Waals surface area contributed by atoms with Gasteiger partial charge in [0.05, 0.1) is 5.69 Å². The molecule has 0 bridgehead atoms. The summed E-state index contributed by atoms with van der Waals surface area (Å²) in [6, 6.07) is 9.21. The van der Waals surface area contributed by atoms with Crippen molar-refractivity contribution in [1.29, 1.82) is 0 Å². The van der Waals surface area contributed by atoms with Gasteiger partial charge in [0, 0.05) is 4.90 Å². The van der Waals surface area contributed by atoms with E-state index in [-0.39, 0.29) is 11.5 Å². The number of hydrogen-bond donors (Lipinski definition) is 2. The average Bonchev–Trinajstić information content (AvgIpc) is 2.41. The number of para-hydroxylation sites is 1. The average molecular weight is 297 g/mol. The van der Waals surface area contributed by atoms with E-state index in [4.69, 9.17) is 5.11 Å². The predicted molar refractivity (Wildman–Crippen MR) is 70.6 cm³/mol. The van der Waals surface area contributed by atoms with E-state index in [1.54, 1.807) is 24.3 Å². The van der Waals surface area contributed by atoms with Gasteiger partial charge in [0.1, 0.15) is 0 Å². The van der Waals surface area contributed by atoms with Crippen molar-refractivity contribution in [2.45, 2.75) is 10.7 Å². The van der Waals surface area contributed by atoms with Crippen molar-refractivity contribution in [3.63, 3.8) is 0 Å². The Hall–Kier alpha value is -2.22. The Balaban J connectivity index is 2.19. The molecule has 0 aliphatic heterocycles. The van der Waals surface area contributed by atoms with Gasteiger partial charge in [-0.3, -0.25) is 0 Å². The van der Waals surface area contributed by atoms with Gasteiger partial charge in [0.25, 0.3) is 5.76 Å². The number of halogens is 2. The van der Waals surface area contributed by atoms with Crippen LogP contribution >= 0.6 is 11.8 Å². The second-order valence-electron chi connectivity index (χ2n) is 3.61. The number of aromatic carboxylic acids is 1. The molecule has 0 spiro atoms. The van der Waals surface area contributed by atoms with E-state index < -0.39 is 11.7 Å². The molecule has 1 heterocycles. The second kappa shape index (κ2) is 6.29. The van der Waals surface area contributed by atoms with Crippen molar-refractivity contribution < 1.29 is 18.7 Å². The standard InChI is InChI=1S/C12H9F2N3O2S/c13-12(14)20-9-4-2-1-3-7(9)15-10-6-5-8(11(18)19)16-17-10/h1-6,12H,(H,15,17)(H,18,19). The zero-order valence-corrected chi connectivity index (χ0v) is 10.8. The lowest BCUT2D eigenvalue weighted by molar-refractivity contribution is 0.0689. The lowest BCUT2D eigenvalue weighted by atomic mass is 10.3. The summed E-state index contributed by atoms with van der Waals surface area (Å²) in [4.78, 5) is 11.0. The van der Waals surface area contributed by atoms with Gasteiger partial charge in [0.15, 0.2) is 11.5 Å². The van der Waals surface area contributed by atoms with Crippen molar-refractivity contribution in [2.75, 3.05) is 5.32 Å². The van der Waals surface area contributed by atoms with Gasteiger partial charge in [-0.1, -0.05) is 23.9 Å². The highest BCUT2D eigenvalue weighted by atomic mass is 32.2. The lowest BCUT2D eigenvalue weighted by Gasteiger charge is -2.10. The minimum absolute atomic E-state index is 0.189. The number of hydrogen-bond acceptors (Lipinski definition) is 5. The number of alkyl halides is 2. The Morgan fingerprint density at radius 1 is 1.20 bits per heavy atom. The molecule has 0 amide bonds. The number of anilines is 2. The van der Waals surface area contributed by atoms with Gasteiger partial charge in [-0.15, -0.1) is 10.2 Å². The van der Waals surface area contributed by atoms with E-state index in [2.05, 4.69) is 15.5 Å². The first-order valence-electron chi connectivity index (χ1n) is 5.44. The SMILES string of the molecule is O=C(O)c1ccc(Nc2ccccc2SC(F)F)nn1. The monoisotopic (exact) mass is 297 g/mol. The summed E-state index contributed by atoms with van der Waals surface area (Å²) >= 11 is 0.414. The molecular weight excluding hydrogens is 288 g/mol. The van der Waals surface area contributed by atoms with Crippen molar-refractivity contribution in [3.05, 3.63) is 42.1 Å². The summed E-state index contributed by atoms with van der Waals surface area (Å²) in [7, 11) is 0. The molecule has 0 unspecified atom stereocenters. The van der Waals surface area contributed by atoms with Crippen LogP contribution in [0.5, 0.6) is 0 Å². The lowest BCUT2D eigenvalue weighted by Crippen LogP contribution is -2.04. The smallest absolute Gasteiger partial charge is 0.356 e. The molecule has 1 aromatic heterocycles. The van der Waals surface area contributed by atoms with Crippen LogP contribution < -0.4 is 5.32 Å². The van der Waals surface area contributed by atoms with Crippen LogP contribution in [0.15, 0.2) is 41.3 Å². The minimum Gasteiger partial charge on any atom is -0.476 e. The number of nitrogens with one attached hydrogen (secondary N) is 1. The Morgan fingerprint density at radius 2 is 1.95 bits per heavy atom. The predicted octanol–water partition coefficient (Wildman–Crippen LogP) is 3.23. The number of carboxylic acids is 1. The summed E-state index contributed by atoms with van der Waals surface area (Å²) < 4.78 is 24.8. The fourth-order valence-corrected chi connectivity index (χ4v) is 2.01. The van der Waals surface area contributed by atoms with Crippen LogP contribution in [0, 0.1) is 0 Å². The third-order valence-electron chi connectivity index (χ3n) is 2.25. The van der Waals surface area contributed by atoms with Crippen LogP contribution in [0.25, 0.3) is 0 Å². The van der Waals surface area contributed by atoms with Crippen LogP contribution in [0.4, 0.5) is 20.3 Å². The topological polar surface area (TPSA) is 75.1 Å². The second-order valence-corrected chi connectivity index (χ2v) is 4.64. The molecule has 20 heavy (non-hydrogen) atoms. The molecular formula is C12H9F2N3O2S. The Morgan fingerprint density at radius 3 is 2.55 bits per heavy atom. The third-order valence-corrected chi connectivity index (χ3v) is 3.04. The van der Waals surface area contributed by atoms with E-state index in [0.717, 1.165) is 0 Å². The first-order valence-corrected chi connectivity index (χ1v) is 6.32.